The highest BCUT2D eigenvalue weighted by molar-refractivity contribution is 7.98. The molecular formula is C20H20N4O2S. The maximum Gasteiger partial charge on any atom is 0.231 e. The topological polar surface area (TPSA) is 62.1 Å². The van der Waals surface area contributed by atoms with Crippen LogP contribution in [0.1, 0.15) is 35.4 Å². The molecule has 1 aromatic carbocycles. The summed E-state index contributed by atoms with van der Waals surface area (Å²) in [6.07, 6.45) is 6.29. The lowest BCUT2D eigenvalue weighted by atomic mass is 9.96. The number of hydrogen-bond donors (Lipinski definition) is 0. The summed E-state index contributed by atoms with van der Waals surface area (Å²) >= 11 is 1.68. The van der Waals surface area contributed by atoms with Crippen molar-refractivity contribution in [1.82, 2.24) is 19.7 Å². The van der Waals surface area contributed by atoms with E-state index in [9.17, 15) is 0 Å². The van der Waals surface area contributed by atoms with Gasteiger partial charge in [0.2, 0.25) is 6.79 Å². The average Bonchev–Trinajstić information content (AvgIpc) is 3.31. The molecule has 3 heterocycles. The van der Waals surface area contributed by atoms with Crippen molar-refractivity contribution < 1.29 is 9.47 Å². The lowest BCUT2D eigenvalue weighted by molar-refractivity contribution is 0.174. The smallest absolute Gasteiger partial charge is 0.231 e. The number of aryl methyl sites for hydroxylation is 1. The van der Waals surface area contributed by atoms with Crippen molar-refractivity contribution >= 4 is 11.8 Å². The number of thioether (sulfide) groups is 1. The van der Waals surface area contributed by atoms with E-state index in [1.54, 1.807) is 18.1 Å². The monoisotopic (exact) mass is 380 g/mol. The summed E-state index contributed by atoms with van der Waals surface area (Å²) in [4.78, 5) is 8.90. The van der Waals surface area contributed by atoms with Gasteiger partial charge in [-0.2, -0.15) is 5.10 Å². The van der Waals surface area contributed by atoms with Crippen LogP contribution >= 0.6 is 11.8 Å². The zero-order chi connectivity index (χ0) is 18.2. The Kier molecular flexibility index (Phi) is 4.24. The van der Waals surface area contributed by atoms with E-state index < -0.39 is 0 Å². The summed E-state index contributed by atoms with van der Waals surface area (Å²) in [5.41, 5.74) is 5.01. The normalized spacial score (nSPS) is 15.0. The predicted octanol–water partition coefficient (Wildman–Crippen LogP) is 3.87. The Hall–Kier alpha value is -2.54. The number of ether oxygens (including phenoxy) is 2. The first-order valence-electron chi connectivity index (χ1n) is 9.19. The minimum Gasteiger partial charge on any atom is -0.454 e. The number of rotatable bonds is 4. The number of nitrogens with zero attached hydrogens (tertiary/aromatic N) is 4. The van der Waals surface area contributed by atoms with Crippen LogP contribution in [0.15, 0.2) is 35.6 Å². The van der Waals surface area contributed by atoms with Crippen LogP contribution in [0.3, 0.4) is 0 Å². The van der Waals surface area contributed by atoms with Crippen LogP contribution in [0.4, 0.5) is 0 Å². The quantitative estimate of drug-likeness (QED) is 0.506. The van der Waals surface area contributed by atoms with E-state index in [2.05, 4.69) is 23.0 Å². The van der Waals surface area contributed by atoms with Gasteiger partial charge in [-0.05, 0) is 55.9 Å². The zero-order valence-corrected chi connectivity index (χ0v) is 16.0. The summed E-state index contributed by atoms with van der Waals surface area (Å²) in [5.74, 6) is 3.29. The van der Waals surface area contributed by atoms with E-state index in [4.69, 9.17) is 14.6 Å². The van der Waals surface area contributed by atoms with Gasteiger partial charge in [-0.15, -0.1) is 11.8 Å². The summed E-state index contributed by atoms with van der Waals surface area (Å²) in [6, 6.07) is 8.09. The van der Waals surface area contributed by atoms with Crippen LogP contribution in [-0.4, -0.2) is 26.5 Å². The number of hydrogen-bond acceptors (Lipinski definition) is 6. The maximum atomic E-state index is 5.45. The van der Waals surface area contributed by atoms with Gasteiger partial charge in [-0.3, -0.25) is 0 Å². The second-order valence-electron chi connectivity index (χ2n) is 6.82. The molecule has 0 fully saturated rings. The lowest BCUT2D eigenvalue weighted by Gasteiger charge is -2.13. The van der Waals surface area contributed by atoms with Gasteiger partial charge in [-0.25, -0.2) is 14.6 Å². The molecule has 0 atom stereocenters. The van der Waals surface area contributed by atoms with Crippen molar-refractivity contribution in [1.29, 1.82) is 0 Å². The van der Waals surface area contributed by atoms with Gasteiger partial charge in [0, 0.05) is 17.5 Å². The second kappa shape index (κ2) is 6.88. The Morgan fingerprint density at radius 1 is 1.07 bits per heavy atom. The molecule has 0 amide bonds. The molecule has 138 valence electrons. The second-order valence-corrected chi connectivity index (χ2v) is 7.82. The molecule has 0 saturated carbocycles. The highest BCUT2D eigenvalue weighted by atomic mass is 32.2. The van der Waals surface area contributed by atoms with Crippen LogP contribution < -0.4 is 9.47 Å². The fraction of sp³-hybridized carbons (Fsp3) is 0.350. The van der Waals surface area contributed by atoms with Crippen LogP contribution in [0, 0.1) is 6.92 Å². The highest BCUT2D eigenvalue weighted by Gasteiger charge is 2.20. The molecule has 1 aliphatic carbocycles. The van der Waals surface area contributed by atoms with E-state index in [1.165, 1.54) is 29.7 Å². The first kappa shape index (κ1) is 16.6. The molecule has 5 rings (SSSR count). The summed E-state index contributed by atoms with van der Waals surface area (Å²) in [7, 11) is 0. The van der Waals surface area contributed by atoms with Crippen LogP contribution in [0.2, 0.25) is 0 Å². The third-order valence-electron chi connectivity index (χ3n) is 5.05. The average molecular weight is 380 g/mol. The van der Waals surface area contributed by atoms with Crippen molar-refractivity contribution in [2.45, 2.75) is 43.4 Å². The van der Waals surface area contributed by atoms with E-state index >= 15 is 0 Å². The molecule has 0 N–H and O–H groups in total. The van der Waals surface area contributed by atoms with Crippen molar-refractivity contribution in [2.75, 3.05) is 6.79 Å². The first-order chi connectivity index (χ1) is 13.3. The van der Waals surface area contributed by atoms with Gasteiger partial charge in [0.25, 0.3) is 0 Å². The Balaban J connectivity index is 1.37. The fourth-order valence-electron chi connectivity index (χ4n) is 3.69. The SMILES string of the molecule is Cc1nn(-c2cc(SCc3ccc4c(c3)OCO4)ncn2)c2c1CCCC2. The molecule has 27 heavy (non-hydrogen) atoms. The van der Waals surface area contributed by atoms with Gasteiger partial charge in [-0.1, -0.05) is 6.07 Å². The fourth-order valence-corrected chi connectivity index (χ4v) is 4.49. The standard InChI is InChI=1S/C20H20N4O2S/c1-13-15-4-2-3-5-16(15)24(23-13)19-9-20(22-11-21-19)27-10-14-6-7-17-18(8-14)26-12-25-17/h6-9,11H,2-5,10,12H2,1H3. The zero-order valence-electron chi connectivity index (χ0n) is 15.1. The van der Waals surface area contributed by atoms with E-state index in [-0.39, 0.29) is 0 Å². The molecule has 0 saturated heterocycles. The van der Waals surface area contributed by atoms with Gasteiger partial charge in [0.1, 0.15) is 11.4 Å². The van der Waals surface area contributed by atoms with E-state index in [0.29, 0.717) is 6.79 Å². The molecule has 0 bridgehead atoms. The molecule has 7 heteroatoms. The van der Waals surface area contributed by atoms with Crippen molar-refractivity contribution in [3.63, 3.8) is 0 Å². The summed E-state index contributed by atoms with van der Waals surface area (Å²) in [5, 5.41) is 5.69. The predicted molar refractivity (Wildman–Crippen MR) is 103 cm³/mol. The van der Waals surface area contributed by atoms with Crippen LogP contribution in [-0.2, 0) is 18.6 Å². The van der Waals surface area contributed by atoms with E-state index in [1.807, 2.05) is 22.9 Å². The Labute approximate surface area is 161 Å². The largest absolute Gasteiger partial charge is 0.454 e. The number of benzene rings is 1. The first-order valence-corrected chi connectivity index (χ1v) is 10.2. The third-order valence-corrected chi connectivity index (χ3v) is 6.05. The highest BCUT2D eigenvalue weighted by Crippen LogP contribution is 2.34. The summed E-state index contributed by atoms with van der Waals surface area (Å²) in [6.45, 7) is 2.39. The molecule has 3 aromatic rings. The molecule has 1 aliphatic heterocycles. The van der Waals surface area contributed by atoms with Crippen LogP contribution in [0.25, 0.3) is 5.82 Å². The molecule has 0 unspecified atom stereocenters. The van der Waals surface area contributed by atoms with Crippen molar-refractivity contribution in [3.8, 4) is 17.3 Å². The molecule has 0 spiro atoms. The minimum absolute atomic E-state index is 0.300. The molecule has 2 aliphatic rings. The number of fused-ring (bicyclic) bond motifs is 2. The molecule has 6 nitrogen and oxygen atoms in total. The van der Waals surface area contributed by atoms with Gasteiger partial charge in [0.05, 0.1) is 5.69 Å². The van der Waals surface area contributed by atoms with Gasteiger partial charge in [0.15, 0.2) is 17.3 Å². The Bertz CT molecular complexity index is 1000. The van der Waals surface area contributed by atoms with Crippen LogP contribution in [0.5, 0.6) is 11.5 Å². The number of aromatic nitrogens is 4. The Morgan fingerprint density at radius 3 is 2.93 bits per heavy atom. The van der Waals surface area contributed by atoms with Gasteiger partial charge >= 0.3 is 0 Å². The van der Waals surface area contributed by atoms with E-state index in [0.717, 1.165) is 46.6 Å². The maximum absolute atomic E-state index is 5.45. The molecule has 0 radical (unpaired) electrons. The Morgan fingerprint density at radius 2 is 1.96 bits per heavy atom. The third kappa shape index (κ3) is 3.16. The van der Waals surface area contributed by atoms with Crippen molar-refractivity contribution in [2.24, 2.45) is 0 Å². The summed E-state index contributed by atoms with van der Waals surface area (Å²) < 4.78 is 12.8. The molecule has 2 aromatic heterocycles. The van der Waals surface area contributed by atoms with Crippen molar-refractivity contribution in [3.05, 3.63) is 53.1 Å². The van der Waals surface area contributed by atoms with Gasteiger partial charge < -0.3 is 9.47 Å². The lowest BCUT2D eigenvalue weighted by Crippen LogP contribution is -2.09. The minimum atomic E-state index is 0.300. The molecular weight excluding hydrogens is 360 g/mol.